The van der Waals surface area contributed by atoms with Crippen molar-refractivity contribution in [1.29, 1.82) is 5.26 Å². The molecular weight excluding hydrogens is 474 g/mol. The van der Waals surface area contributed by atoms with Gasteiger partial charge in [0.2, 0.25) is 0 Å². The summed E-state index contributed by atoms with van der Waals surface area (Å²) in [6.45, 7) is 0. The minimum atomic E-state index is -0.442. The third kappa shape index (κ3) is 4.69. The molecule has 0 heterocycles. The van der Waals surface area contributed by atoms with Crippen LogP contribution in [0.2, 0.25) is 0 Å². The van der Waals surface area contributed by atoms with E-state index in [4.69, 9.17) is 16.7 Å². The Hall–Kier alpha value is -5.07. The average Bonchev–Trinajstić information content (AvgIpc) is 3.30. The Morgan fingerprint density at radius 1 is 0.718 bits per heavy atom. The molecule has 0 aliphatic heterocycles. The van der Waals surface area contributed by atoms with E-state index in [1.807, 2.05) is 6.08 Å². The first kappa shape index (κ1) is 25.6. The fourth-order valence-corrected chi connectivity index (χ4v) is 5.67. The van der Waals surface area contributed by atoms with Crippen molar-refractivity contribution in [2.24, 2.45) is 11.5 Å². The summed E-state index contributed by atoms with van der Waals surface area (Å²) in [5.74, 6) is 0. The summed E-state index contributed by atoms with van der Waals surface area (Å²) >= 11 is 0. The maximum atomic E-state index is 9.17. The lowest BCUT2D eigenvalue weighted by atomic mass is 9.67. The van der Waals surface area contributed by atoms with E-state index in [0.717, 1.165) is 24.0 Å². The average molecular weight is 506 g/mol. The molecule has 0 fully saturated rings. The Balaban J connectivity index is 1.60. The molecule has 190 valence electrons. The zero-order valence-electron chi connectivity index (χ0n) is 21.8. The molecular formula is C36H31N3. The molecule has 0 amide bonds. The predicted octanol–water partition coefficient (Wildman–Crippen LogP) is 7.61. The number of nitrogens with two attached hydrogens (primary N) is 2. The molecule has 0 spiro atoms. The Morgan fingerprint density at radius 2 is 1.36 bits per heavy atom. The first-order valence-electron chi connectivity index (χ1n) is 13.2. The van der Waals surface area contributed by atoms with Crippen LogP contribution >= 0.6 is 0 Å². The number of allylic oxidation sites excluding steroid dienone is 6. The highest BCUT2D eigenvalue weighted by atomic mass is 14.5. The maximum absolute atomic E-state index is 9.17. The van der Waals surface area contributed by atoms with E-state index in [0.29, 0.717) is 5.57 Å². The molecule has 0 saturated heterocycles. The molecule has 1 aliphatic rings. The third-order valence-electron chi connectivity index (χ3n) is 7.37. The number of unbranched alkanes of at least 4 members (excludes halogenated alkanes) is 1. The van der Waals surface area contributed by atoms with Crippen molar-refractivity contribution in [2.75, 3.05) is 0 Å². The molecule has 3 nitrogen and oxygen atoms in total. The molecule has 0 atom stereocenters. The fourth-order valence-electron chi connectivity index (χ4n) is 5.67. The van der Waals surface area contributed by atoms with Gasteiger partial charge in [-0.2, -0.15) is 5.26 Å². The molecule has 0 saturated carbocycles. The minimum Gasteiger partial charge on any atom is -0.405 e. The number of hydrogen-bond acceptors (Lipinski definition) is 3. The van der Waals surface area contributed by atoms with E-state index < -0.39 is 5.41 Å². The van der Waals surface area contributed by atoms with Crippen molar-refractivity contribution in [3.63, 3.8) is 0 Å². The number of hydrogen-bond donors (Lipinski definition) is 2. The predicted molar refractivity (Wildman–Crippen MR) is 161 cm³/mol. The molecule has 0 radical (unpaired) electrons. The summed E-state index contributed by atoms with van der Waals surface area (Å²) in [5.41, 5.74) is 21.2. The molecule has 0 unspecified atom stereocenters. The minimum absolute atomic E-state index is 0.442. The van der Waals surface area contributed by atoms with Crippen LogP contribution in [0.4, 0.5) is 0 Å². The van der Waals surface area contributed by atoms with Crippen LogP contribution in [-0.2, 0) is 5.41 Å². The Labute approximate surface area is 230 Å². The topological polar surface area (TPSA) is 75.8 Å². The lowest BCUT2D eigenvalue weighted by Gasteiger charge is -2.34. The molecule has 1 aliphatic carbocycles. The van der Waals surface area contributed by atoms with Crippen LogP contribution in [0.5, 0.6) is 0 Å². The normalized spacial score (nSPS) is 14.3. The van der Waals surface area contributed by atoms with Gasteiger partial charge < -0.3 is 11.5 Å². The molecule has 3 heteroatoms. The van der Waals surface area contributed by atoms with Crippen molar-refractivity contribution in [3.05, 3.63) is 173 Å². The van der Waals surface area contributed by atoms with Crippen LogP contribution in [0.1, 0.15) is 40.7 Å². The number of nitriles is 1. The molecule has 39 heavy (non-hydrogen) atoms. The second-order valence-corrected chi connectivity index (χ2v) is 9.52. The lowest BCUT2D eigenvalue weighted by Crippen LogP contribution is -2.28. The monoisotopic (exact) mass is 505 g/mol. The van der Waals surface area contributed by atoms with Crippen molar-refractivity contribution < 1.29 is 0 Å². The van der Waals surface area contributed by atoms with E-state index in [9.17, 15) is 0 Å². The highest BCUT2D eigenvalue weighted by Crippen LogP contribution is 2.56. The highest BCUT2D eigenvalue weighted by Gasteiger charge is 2.45. The molecule has 5 rings (SSSR count). The highest BCUT2D eigenvalue weighted by molar-refractivity contribution is 5.88. The Morgan fingerprint density at radius 3 is 2.00 bits per heavy atom. The van der Waals surface area contributed by atoms with Crippen LogP contribution in [0.3, 0.4) is 0 Å². The van der Waals surface area contributed by atoms with Crippen molar-refractivity contribution in [1.82, 2.24) is 0 Å². The molecule has 4 N–H and O–H groups in total. The van der Waals surface area contributed by atoms with E-state index in [-0.39, 0.29) is 0 Å². The molecule has 0 bridgehead atoms. The summed E-state index contributed by atoms with van der Waals surface area (Å²) < 4.78 is 0. The van der Waals surface area contributed by atoms with Crippen molar-refractivity contribution in [2.45, 2.75) is 18.3 Å². The van der Waals surface area contributed by atoms with E-state index in [2.05, 4.69) is 121 Å². The number of fused-ring (bicyclic) bond motifs is 3. The van der Waals surface area contributed by atoms with Crippen LogP contribution in [0.25, 0.3) is 16.7 Å². The smallest absolute Gasteiger partial charge is 0.0988 e. The first-order valence-corrected chi connectivity index (χ1v) is 13.2. The van der Waals surface area contributed by atoms with Crippen molar-refractivity contribution >= 4 is 5.57 Å². The standard InChI is InChI=1S/C36H31N3/c37-23-22-27(25-38)12-4-1-5-13-29(26-39)28-20-21-33-32-18-10-11-19-34(32)36(35(33)24-28,30-14-6-2-7-15-30)31-16-8-3-9-17-31/h2-3,5-24,26H,1,4,37,39H2/b13-5-,23-22-,27-12+,29-26+. The van der Waals surface area contributed by atoms with Crippen molar-refractivity contribution in [3.8, 4) is 17.2 Å². The largest absolute Gasteiger partial charge is 0.405 e. The maximum Gasteiger partial charge on any atom is 0.0988 e. The van der Waals surface area contributed by atoms with Gasteiger partial charge in [-0.1, -0.05) is 115 Å². The molecule has 0 aromatic heterocycles. The molecule has 4 aromatic rings. The second-order valence-electron chi connectivity index (χ2n) is 9.52. The summed E-state index contributed by atoms with van der Waals surface area (Å²) in [4.78, 5) is 0. The second kappa shape index (κ2) is 11.5. The van der Waals surface area contributed by atoms with Crippen LogP contribution in [0, 0.1) is 11.3 Å². The van der Waals surface area contributed by atoms with E-state index >= 15 is 0 Å². The Bertz CT molecular complexity index is 1580. The molecule has 4 aromatic carbocycles. The van der Waals surface area contributed by atoms with Gasteiger partial charge in [0.15, 0.2) is 0 Å². The van der Waals surface area contributed by atoms with Gasteiger partial charge in [0, 0.05) is 11.8 Å². The van der Waals surface area contributed by atoms with Gasteiger partial charge in [-0.05, 0) is 75.7 Å². The zero-order chi connectivity index (χ0) is 27.1. The van der Waals surface area contributed by atoms with Gasteiger partial charge >= 0.3 is 0 Å². The number of rotatable bonds is 8. The van der Waals surface area contributed by atoms with Crippen LogP contribution in [0.15, 0.2) is 145 Å². The van der Waals surface area contributed by atoms with Crippen LogP contribution < -0.4 is 11.5 Å². The van der Waals surface area contributed by atoms with E-state index in [1.54, 1.807) is 12.3 Å². The summed E-state index contributed by atoms with van der Waals surface area (Å²) in [5, 5.41) is 9.17. The van der Waals surface area contributed by atoms with Gasteiger partial charge in [-0.15, -0.1) is 0 Å². The van der Waals surface area contributed by atoms with Gasteiger partial charge in [-0.3, -0.25) is 0 Å². The summed E-state index contributed by atoms with van der Waals surface area (Å²) in [6, 6.07) is 39.1. The van der Waals surface area contributed by atoms with Gasteiger partial charge in [0.05, 0.1) is 11.5 Å². The number of nitrogens with zero attached hydrogens (tertiary/aromatic N) is 1. The summed E-state index contributed by atoms with van der Waals surface area (Å²) in [6.07, 6.45) is 12.2. The van der Waals surface area contributed by atoms with Crippen LogP contribution in [-0.4, -0.2) is 0 Å². The van der Waals surface area contributed by atoms with E-state index in [1.165, 1.54) is 39.6 Å². The number of benzene rings is 4. The van der Waals surface area contributed by atoms with Gasteiger partial charge in [0.1, 0.15) is 0 Å². The lowest BCUT2D eigenvalue weighted by molar-refractivity contribution is 0.768. The zero-order valence-corrected chi connectivity index (χ0v) is 21.8. The fraction of sp³-hybridized carbons (Fsp3) is 0.0833. The van der Waals surface area contributed by atoms with Gasteiger partial charge in [-0.25, -0.2) is 0 Å². The third-order valence-corrected chi connectivity index (χ3v) is 7.37. The Kier molecular flexibility index (Phi) is 7.57. The first-order chi connectivity index (χ1) is 19.2. The quantitative estimate of drug-likeness (QED) is 0.129. The van der Waals surface area contributed by atoms with Gasteiger partial charge in [0.25, 0.3) is 0 Å². The summed E-state index contributed by atoms with van der Waals surface area (Å²) in [7, 11) is 0. The SMILES string of the molecule is N#CC(/C=C\N)=C/CC/C=C\C(=C/N)c1ccc2c(c1)C(c1ccccc1)(c1ccccc1)c1ccccc1-2.